The van der Waals surface area contributed by atoms with Crippen molar-refractivity contribution in [1.29, 1.82) is 0 Å². The lowest BCUT2D eigenvalue weighted by molar-refractivity contribution is -0.115. The predicted octanol–water partition coefficient (Wildman–Crippen LogP) is 0.382. The van der Waals surface area contributed by atoms with E-state index in [-0.39, 0.29) is 24.9 Å². The van der Waals surface area contributed by atoms with Crippen molar-refractivity contribution in [2.45, 2.75) is 0 Å². The monoisotopic (exact) mass is 287 g/mol. The zero-order chi connectivity index (χ0) is 13.4. The van der Waals surface area contributed by atoms with Crippen LogP contribution >= 0.6 is 12.4 Å². The molecule has 0 fully saturated rings. The summed E-state index contributed by atoms with van der Waals surface area (Å²) >= 11 is 0. The number of hydrogen-bond donors (Lipinski definition) is 3. The largest absolute Gasteiger partial charge is 0.383 e. The molecule has 1 rings (SSSR count). The zero-order valence-corrected chi connectivity index (χ0v) is 11.5. The third-order valence-corrected chi connectivity index (χ3v) is 2.24. The first-order chi connectivity index (χ1) is 8.65. The first-order valence-electron chi connectivity index (χ1n) is 5.53. The molecular formula is C12H18ClN3O3. The predicted molar refractivity (Wildman–Crippen MR) is 75.6 cm³/mol. The number of para-hydroxylation sites is 1. The summed E-state index contributed by atoms with van der Waals surface area (Å²) in [5.74, 6) is -0.807. The fourth-order valence-corrected chi connectivity index (χ4v) is 1.38. The topological polar surface area (TPSA) is 93.4 Å². The highest BCUT2D eigenvalue weighted by Crippen LogP contribution is 2.13. The van der Waals surface area contributed by atoms with E-state index in [1.807, 2.05) is 0 Å². The number of anilines is 1. The van der Waals surface area contributed by atoms with Gasteiger partial charge in [0.1, 0.15) is 0 Å². The van der Waals surface area contributed by atoms with Crippen molar-refractivity contribution >= 4 is 29.9 Å². The van der Waals surface area contributed by atoms with Crippen LogP contribution in [0.15, 0.2) is 24.3 Å². The number of hydrogen-bond acceptors (Lipinski definition) is 4. The number of benzene rings is 1. The van der Waals surface area contributed by atoms with Crippen molar-refractivity contribution in [1.82, 2.24) is 5.32 Å². The molecule has 0 radical (unpaired) electrons. The fourth-order valence-electron chi connectivity index (χ4n) is 1.38. The highest BCUT2D eigenvalue weighted by Gasteiger charge is 2.09. The molecule has 0 aliphatic heterocycles. The van der Waals surface area contributed by atoms with E-state index in [0.717, 1.165) is 0 Å². The number of primary amides is 1. The van der Waals surface area contributed by atoms with Crippen LogP contribution in [0.25, 0.3) is 0 Å². The minimum atomic E-state index is -0.571. The first kappa shape index (κ1) is 17.4. The van der Waals surface area contributed by atoms with Gasteiger partial charge < -0.3 is 21.1 Å². The number of methoxy groups -OCH3 is 1. The van der Waals surface area contributed by atoms with Gasteiger partial charge in [-0.25, -0.2) is 0 Å². The van der Waals surface area contributed by atoms with Crippen molar-refractivity contribution in [2.75, 3.05) is 32.1 Å². The molecule has 0 saturated heterocycles. The normalized spacial score (nSPS) is 9.53. The Hall–Kier alpha value is -1.63. The van der Waals surface area contributed by atoms with Gasteiger partial charge in [-0.1, -0.05) is 12.1 Å². The van der Waals surface area contributed by atoms with E-state index in [0.29, 0.717) is 24.4 Å². The van der Waals surface area contributed by atoms with Gasteiger partial charge in [0.15, 0.2) is 0 Å². The standard InChI is InChI=1S/C12H17N3O3.ClH/c1-18-7-6-14-8-11(16)15-10-5-3-2-4-9(10)12(13)17;/h2-5,14H,6-8H2,1H3,(H2,13,17)(H,15,16);1H. The van der Waals surface area contributed by atoms with E-state index in [9.17, 15) is 9.59 Å². The van der Waals surface area contributed by atoms with Crippen LogP contribution in [0.2, 0.25) is 0 Å². The SMILES string of the molecule is COCCNCC(=O)Nc1ccccc1C(N)=O.Cl. The van der Waals surface area contributed by atoms with Crippen LogP contribution in [0.4, 0.5) is 5.69 Å². The van der Waals surface area contributed by atoms with Gasteiger partial charge in [0, 0.05) is 13.7 Å². The summed E-state index contributed by atoms with van der Waals surface area (Å²) in [7, 11) is 1.59. The molecule has 19 heavy (non-hydrogen) atoms. The van der Waals surface area contributed by atoms with Crippen molar-refractivity contribution in [3.63, 3.8) is 0 Å². The van der Waals surface area contributed by atoms with E-state index in [2.05, 4.69) is 10.6 Å². The van der Waals surface area contributed by atoms with Gasteiger partial charge in [-0.15, -0.1) is 12.4 Å². The number of carbonyl (C=O) groups is 2. The van der Waals surface area contributed by atoms with Crippen LogP contribution in [0.5, 0.6) is 0 Å². The third kappa shape index (κ3) is 6.19. The molecule has 1 aromatic carbocycles. The molecule has 106 valence electrons. The van der Waals surface area contributed by atoms with Crippen molar-refractivity contribution in [3.05, 3.63) is 29.8 Å². The summed E-state index contributed by atoms with van der Waals surface area (Å²) in [6, 6.07) is 6.61. The molecule has 2 amide bonds. The highest BCUT2D eigenvalue weighted by molar-refractivity contribution is 6.03. The minimum absolute atomic E-state index is 0. The van der Waals surface area contributed by atoms with E-state index in [1.165, 1.54) is 0 Å². The first-order valence-corrected chi connectivity index (χ1v) is 5.53. The minimum Gasteiger partial charge on any atom is -0.383 e. The summed E-state index contributed by atoms with van der Waals surface area (Å²) in [5.41, 5.74) is 5.92. The second-order valence-electron chi connectivity index (χ2n) is 3.63. The maximum atomic E-state index is 11.6. The van der Waals surface area contributed by atoms with Gasteiger partial charge in [-0.2, -0.15) is 0 Å². The van der Waals surface area contributed by atoms with Crippen molar-refractivity contribution in [2.24, 2.45) is 5.73 Å². The number of ether oxygens (including phenoxy) is 1. The average Bonchev–Trinajstić information content (AvgIpc) is 2.35. The Morgan fingerprint density at radius 1 is 1.32 bits per heavy atom. The summed E-state index contributed by atoms with van der Waals surface area (Å²) in [6.07, 6.45) is 0. The Morgan fingerprint density at radius 3 is 2.63 bits per heavy atom. The number of nitrogens with one attached hydrogen (secondary N) is 2. The Morgan fingerprint density at radius 2 is 2.00 bits per heavy atom. The Kier molecular flexibility index (Phi) is 8.52. The lowest BCUT2D eigenvalue weighted by atomic mass is 10.1. The van der Waals surface area contributed by atoms with E-state index < -0.39 is 5.91 Å². The average molecular weight is 288 g/mol. The number of rotatable bonds is 7. The molecule has 6 nitrogen and oxygen atoms in total. The van der Waals surface area contributed by atoms with Gasteiger partial charge in [-0.05, 0) is 12.1 Å². The molecule has 4 N–H and O–H groups in total. The smallest absolute Gasteiger partial charge is 0.250 e. The summed E-state index contributed by atoms with van der Waals surface area (Å²) in [5, 5.41) is 5.53. The number of halogens is 1. The lowest BCUT2D eigenvalue weighted by Gasteiger charge is -2.09. The maximum absolute atomic E-state index is 11.6. The van der Waals surface area contributed by atoms with E-state index in [1.54, 1.807) is 31.4 Å². The lowest BCUT2D eigenvalue weighted by Crippen LogP contribution is -2.31. The molecular weight excluding hydrogens is 270 g/mol. The van der Waals surface area contributed by atoms with Crippen LogP contribution < -0.4 is 16.4 Å². The number of amides is 2. The Labute approximate surface area is 118 Å². The molecule has 0 spiro atoms. The van der Waals surface area contributed by atoms with Gasteiger partial charge in [-0.3, -0.25) is 9.59 Å². The molecule has 0 saturated carbocycles. The molecule has 0 unspecified atom stereocenters. The Balaban J connectivity index is 0.00000324. The quantitative estimate of drug-likeness (QED) is 0.632. The van der Waals surface area contributed by atoms with Crippen LogP contribution in [-0.2, 0) is 9.53 Å². The van der Waals surface area contributed by atoms with Crippen LogP contribution in [0.3, 0.4) is 0 Å². The summed E-state index contributed by atoms with van der Waals surface area (Å²) in [4.78, 5) is 22.7. The fraction of sp³-hybridized carbons (Fsp3) is 0.333. The molecule has 0 bridgehead atoms. The van der Waals surface area contributed by atoms with E-state index >= 15 is 0 Å². The molecule has 0 aliphatic carbocycles. The number of nitrogens with two attached hydrogens (primary N) is 1. The second kappa shape index (κ2) is 9.32. The highest BCUT2D eigenvalue weighted by atomic mass is 35.5. The maximum Gasteiger partial charge on any atom is 0.250 e. The summed E-state index contributed by atoms with van der Waals surface area (Å²) < 4.78 is 4.84. The molecule has 7 heteroatoms. The second-order valence-corrected chi connectivity index (χ2v) is 3.63. The number of carbonyl (C=O) groups excluding carboxylic acids is 2. The molecule has 0 heterocycles. The van der Waals surface area contributed by atoms with Crippen LogP contribution in [0.1, 0.15) is 10.4 Å². The molecule has 0 aromatic heterocycles. The Bertz CT molecular complexity index is 426. The van der Waals surface area contributed by atoms with E-state index in [4.69, 9.17) is 10.5 Å². The van der Waals surface area contributed by atoms with Crippen LogP contribution in [0, 0.1) is 0 Å². The third-order valence-electron chi connectivity index (χ3n) is 2.24. The van der Waals surface area contributed by atoms with Crippen LogP contribution in [-0.4, -0.2) is 38.6 Å². The van der Waals surface area contributed by atoms with Gasteiger partial charge >= 0.3 is 0 Å². The zero-order valence-electron chi connectivity index (χ0n) is 10.6. The molecule has 0 aliphatic rings. The summed E-state index contributed by atoms with van der Waals surface area (Å²) in [6.45, 7) is 1.27. The van der Waals surface area contributed by atoms with Crippen molar-refractivity contribution < 1.29 is 14.3 Å². The van der Waals surface area contributed by atoms with Gasteiger partial charge in [0.25, 0.3) is 5.91 Å². The van der Waals surface area contributed by atoms with Gasteiger partial charge in [0.2, 0.25) is 5.91 Å². The van der Waals surface area contributed by atoms with Crippen molar-refractivity contribution in [3.8, 4) is 0 Å². The molecule has 1 aromatic rings. The molecule has 0 atom stereocenters. The van der Waals surface area contributed by atoms with Gasteiger partial charge in [0.05, 0.1) is 24.4 Å².